The zero-order valence-electron chi connectivity index (χ0n) is 18.9. The average molecular weight is 440 g/mol. The minimum Gasteiger partial charge on any atom is -0.332 e. The molecule has 1 amide bonds. The maximum atomic E-state index is 14.6. The molecular weight excluding hydrogens is 413 g/mol. The summed E-state index contributed by atoms with van der Waals surface area (Å²) < 4.78 is 16.5. The molecule has 6 rings (SSSR count). The zero-order valence-corrected chi connectivity index (χ0v) is 18.9. The van der Waals surface area contributed by atoms with Crippen LogP contribution < -0.4 is 0 Å². The Morgan fingerprint density at radius 1 is 1.03 bits per heavy atom. The second-order valence-electron chi connectivity index (χ2n) is 9.31. The van der Waals surface area contributed by atoms with Gasteiger partial charge in [0.1, 0.15) is 11.6 Å². The largest absolute Gasteiger partial charge is 0.332 e. The maximum absolute atomic E-state index is 14.6. The molecule has 1 unspecified atom stereocenters. The molecular formula is C28H26FN3O. The third-order valence-corrected chi connectivity index (χ3v) is 7.25. The molecule has 1 fully saturated rings. The molecule has 4 nitrogen and oxygen atoms in total. The number of rotatable bonds is 3. The predicted octanol–water partition coefficient (Wildman–Crippen LogP) is 6.02. The van der Waals surface area contributed by atoms with Crippen LogP contribution in [-0.4, -0.2) is 26.9 Å². The van der Waals surface area contributed by atoms with Crippen LogP contribution in [0.5, 0.6) is 0 Å². The van der Waals surface area contributed by atoms with E-state index in [-0.39, 0.29) is 17.8 Å². The van der Waals surface area contributed by atoms with Crippen LogP contribution in [0, 0.1) is 5.82 Å². The van der Waals surface area contributed by atoms with Crippen LogP contribution in [-0.2, 0) is 13.5 Å². The molecule has 0 bridgehead atoms. The van der Waals surface area contributed by atoms with Crippen LogP contribution in [0.2, 0.25) is 0 Å². The zero-order chi connectivity index (χ0) is 22.7. The number of carbonyl (C=O) groups is 1. The number of aromatic nitrogens is 2. The number of hydrogen-bond acceptors (Lipinski definition) is 2. The Morgan fingerprint density at radius 3 is 2.58 bits per heavy atom. The van der Waals surface area contributed by atoms with E-state index < -0.39 is 0 Å². The van der Waals surface area contributed by atoms with E-state index in [4.69, 9.17) is 4.98 Å². The summed E-state index contributed by atoms with van der Waals surface area (Å²) in [6.07, 6.45) is 3.07. The van der Waals surface area contributed by atoms with Crippen molar-refractivity contribution in [3.63, 3.8) is 0 Å². The van der Waals surface area contributed by atoms with Gasteiger partial charge in [0, 0.05) is 19.2 Å². The number of carbonyl (C=O) groups excluding carboxylic acids is 1. The van der Waals surface area contributed by atoms with Crippen molar-refractivity contribution in [2.75, 3.05) is 6.54 Å². The Morgan fingerprint density at radius 2 is 1.79 bits per heavy atom. The lowest BCUT2D eigenvalue weighted by Gasteiger charge is -2.35. The van der Waals surface area contributed by atoms with E-state index in [1.54, 1.807) is 12.1 Å². The number of nitrogens with zero attached hydrogens (tertiary/aromatic N) is 3. The van der Waals surface area contributed by atoms with Crippen LogP contribution in [0.3, 0.4) is 0 Å². The van der Waals surface area contributed by atoms with Crippen LogP contribution >= 0.6 is 0 Å². The minimum atomic E-state index is -0.291. The average Bonchev–Trinajstić information content (AvgIpc) is 3.63. The fourth-order valence-corrected chi connectivity index (χ4v) is 5.24. The van der Waals surface area contributed by atoms with Crippen molar-refractivity contribution in [2.45, 2.75) is 38.1 Å². The number of halogens is 1. The first-order valence-corrected chi connectivity index (χ1v) is 11.7. The van der Waals surface area contributed by atoms with Crippen LogP contribution in [0.4, 0.5) is 4.39 Å². The molecule has 1 aromatic heterocycles. The van der Waals surface area contributed by atoms with E-state index in [2.05, 4.69) is 25.1 Å². The predicted molar refractivity (Wildman–Crippen MR) is 128 cm³/mol. The van der Waals surface area contributed by atoms with Gasteiger partial charge < -0.3 is 9.47 Å². The van der Waals surface area contributed by atoms with Gasteiger partial charge in [0.2, 0.25) is 0 Å². The number of imidazole rings is 1. The molecule has 166 valence electrons. The number of hydrogen-bond donors (Lipinski definition) is 0. The molecule has 0 spiro atoms. The van der Waals surface area contributed by atoms with Gasteiger partial charge in [0.05, 0.1) is 22.6 Å². The second kappa shape index (κ2) is 7.55. The maximum Gasteiger partial charge on any atom is 0.254 e. The fraction of sp³-hybridized carbons (Fsp3) is 0.286. The smallest absolute Gasteiger partial charge is 0.254 e. The van der Waals surface area contributed by atoms with Gasteiger partial charge in [-0.3, -0.25) is 4.79 Å². The van der Waals surface area contributed by atoms with E-state index in [0.717, 1.165) is 35.9 Å². The molecule has 1 atom stereocenters. The molecule has 0 radical (unpaired) electrons. The van der Waals surface area contributed by atoms with Gasteiger partial charge in [-0.2, -0.15) is 0 Å². The monoisotopic (exact) mass is 439 g/mol. The van der Waals surface area contributed by atoms with Crippen molar-refractivity contribution in [3.05, 3.63) is 88.7 Å². The van der Waals surface area contributed by atoms with Crippen molar-refractivity contribution in [3.8, 4) is 11.4 Å². The summed E-state index contributed by atoms with van der Waals surface area (Å²) >= 11 is 0. The summed E-state index contributed by atoms with van der Waals surface area (Å²) in [4.78, 5) is 20.6. The van der Waals surface area contributed by atoms with Crippen LogP contribution in [0.15, 0.2) is 60.7 Å². The third-order valence-electron chi connectivity index (χ3n) is 7.25. The van der Waals surface area contributed by atoms with Crippen molar-refractivity contribution >= 4 is 16.9 Å². The Kier molecular flexibility index (Phi) is 4.61. The number of amides is 1. The summed E-state index contributed by atoms with van der Waals surface area (Å²) in [6, 6.07) is 19.1. The van der Waals surface area contributed by atoms with Gasteiger partial charge in [-0.15, -0.1) is 0 Å². The highest BCUT2D eigenvalue weighted by molar-refractivity contribution is 5.99. The summed E-state index contributed by atoms with van der Waals surface area (Å²) in [5.41, 5.74) is 6.59. The van der Waals surface area contributed by atoms with Crippen molar-refractivity contribution in [1.82, 2.24) is 14.5 Å². The van der Waals surface area contributed by atoms with Crippen molar-refractivity contribution in [2.24, 2.45) is 7.05 Å². The molecule has 1 aliphatic heterocycles. The van der Waals surface area contributed by atoms with Crippen molar-refractivity contribution in [1.29, 1.82) is 0 Å². The molecule has 2 aliphatic rings. The van der Waals surface area contributed by atoms with Gasteiger partial charge in [-0.05, 0) is 73.1 Å². The summed E-state index contributed by atoms with van der Waals surface area (Å²) in [5.74, 6) is 0.772. The molecule has 0 saturated heterocycles. The molecule has 33 heavy (non-hydrogen) atoms. The van der Waals surface area contributed by atoms with Gasteiger partial charge in [0.15, 0.2) is 0 Å². The lowest BCUT2D eigenvalue weighted by Crippen LogP contribution is -2.38. The fourth-order valence-electron chi connectivity index (χ4n) is 5.24. The Labute approximate surface area is 192 Å². The molecule has 0 N–H and O–H groups in total. The molecule has 2 heterocycles. The first-order chi connectivity index (χ1) is 16.0. The summed E-state index contributed by atoms with van der Waals surface area (Å²) in [5, 5.41) is 0. The molecule has 4 aromatic rings. The van der Waals surface area contributed by atoms with E-state index in [0.29, 0.717) is 29.4 Å². The molecule has 5 heteroatoms. The second-order valence-corrected chi connectivity index (χ2v) is 9.31. The Hall–Kier alpha value is -3.47. The Balaban J connectivity index is 1.46. The SMILES string of the molecule is CC1c2ccccc2CCN1C(=O)c1cc(C2CC2)c2nc(-c3ccccc3F)n(C)c2c1. The number of benzene rings is 3. The topological polar surface area (TPSA) is 38.1 Å². The van der Waals surface area contributed by atoms with E-state index in [1.165, 1.54) is 17.2 Å². The normalized spacial score (nSPS) is 17.9. The van der Waals surface area contributed by atoms with Gasteiger partial charge in [-0.1, -0.05) is 36.4 Å². The van der Waals surface area contributed by atoms with Gasteiger partial charge in [-0.25, -0.2) is 9.37 Å². The standard InChI is InChI=1S/C28H26FN3O/c1-17-21-8-4-3-7-18(21)13-14-32(17)28(33)20-15-23(19-11-12-19)26-25(16-20)31(2)27(30-26)22-9-5-6-10-24(22)29/h3-10,15-17,19H,11-14H2,1-2H3. The highest BCUT2D eigenvalue weighted by Gasteiger charge is 2.32. The quantitative estimate of drug-likeness (QED) is 0.392. The van der Waals surface area contributed by atoms with E-state index >= 15 is 0 Å². The lowest BCUT2D eigenvalue weighted by molar-refractivity contribution is 0.0677. The van der Waals surface area contributed by atoms with Crippen molar-refractivity contribution < 1.29 is 9.18 Å². The number of fused-ring (bicyclic) bond motifs is 2. The number of aryl methyl sites for hydroxylation is 1. The van der Waals surface area contributed by atoms with Gasteiger partial charge in [0.25, 0.3) is 5.91 Å². The lowest BCUT2D eigenvalue weighted by atomic mass is 9.92. The minimum absolute atomic E-state index is 0.0306. The highest BCUT2D eigenvalue weighted by Crippen LogP contribution is 2.44. The summed E-state index contributed by atoms with van der Waals surface area (Å²) in [6.45, 7) is 2.82. The molecule has 1 aliphatic carbocycles. The van der Waals surface area contributed by atoms with Gasteiger partial charge >= 0.3 is 0 Å². The van der Waals surface area contributed by atoms with Crippen LogP contribution in [0.1, 0.15) is 58.8 Å². The first kappa shape index (κ1) is 20.2. The molecule has 3 aromatic carbocycles. The first-order valence-electron chi connectivity index (χ1n) is 11.7. The third kappa shape index (κ3) is 3.26. The van der Waals surface area contributed by atoms with E-state index in [1.807, 2.05) is 40.8 Å². The molecule has 1 saturated carbocycles. The summed E-state index contributed by atoms with van der Waals surface area (Å²) in [7, 11) is 1.90. The highest BCUT2D eigenvalue weighted by atomic mass is 19.1. The van der Waals surface area contributed by atoms with E-state index in [9.17, 15) is 9.18 Å². The Bertz CT molecular complexity index is 1400. The van der Waals surface area contributed by atoms with Crippen LogP contribution in [0.25, 0.3) is 22.4 Å².